The highest BCUT2D eigenvalue weighted by atomic mass is 14.6. The van der Waals surface area contributed by atoms with Crippen molar-refractivity contribution in [2.45, 2.75) is 0 Å². The second-order valence-corrected chi connectivity index (χ2v) is 0.577. The summed E-state index contributed by atoms with van der Waals surface area (Å²) in [6.45, 7) is 8.19. The third-order valence-corrected chi connectivity index (χ3v) is 0.167. The fourth-order valence-electron chi connectivity index (χ4n) is 0. The maximum atomic E-state index is 6.50. The molecule has 0 unspecified atom stereocenters. The number of nitriles is 2. The molecule has 0 radical (unpaired) electrons. The Morgan fingerprint density at radius 3 is 1.00 bits per heavy atom. The molecule has 46 valence electrons. The molecule has 0 aromatic carbocycles. The van der Waals surface area contributed by atoms with Crippen molar-refractivity contribution in [3.8, 4) is 13.1 Å². The minimum absolute atomic E-state index is 0.597. The predicted octanol–water partition coefficient (Wildman–Crippen LogP) is -0.817. The summed E-state index contributed by atoms with van der Waals surface area (Å²) in [6, 6.07) is 0. The second kappa shape index (κ2) is 175. The first-order valence-electron chi connectivity index (χ1n) is 1.83. The Morgan fingerprint density at radius 2 is 1.00 bits per heavy atom. The SMILES string of the molecule is C#N.C#N.NCCN. The Bertz CT molecular complexity index is 38.5. The van der Waals surface area contributed by atoms with E-state index in [0.29, 0.717) is 13.1 Å². The number of hydrogen-bond donors (Lipinski definition) is 2. The van der Waals surface area contributed by atoms with Crippen LogP contribution in [0, 0.1) is 23.7 Å². The van der Waals surface area contributed by atoms with Gasteiger partial charge in [-0.1, -0.05) is 0 Å². The summed E-state index contributed by atoms with van der Waals surface area (Å²) in [4.78, 5) is 0. The number of rotatable bonds is 1. The lowest BCUT2D eigenvalue weighted by Gasteiger charge is -1.72. The van der Waals surface area contributed by atoms with E-state index in [-0.39, 0.29) is 0 Å². The van der Waals surface area contributed by atoms with E-state index in [1.807, 2.05) is 0 Å². The molecule has 0 aromatic heterocycles. The van der Waals surface area contributed by atoms with Crippen molar-refractivity contribution in [3.63, 3.8) is 0 Å². The van der Waals surface area contributed by atoms with Crippen LogP contribution in [0.1, 0.15) is 0 Å². The molecule has 0 amide bonds. The maximum Gasteiger partial charge on any atom is 0.0462 e. The Hall–Kier alpha value is -1.10. The minimum Gasteiger partial charge on any atom is -0.329 e. The van der Waals surface area contributed by atoms with Gasteiger partial charge in [0.1, 0.15) is 0 Å². The highest BCUT2D eigenvalue weighted by Crippen LogP contribution is 1.24. The quantitative estimate of drug-likeness (QED) is 0.465. The summed E-state index contributed by atoms with van der Waals surface area (Å²) in [5.74, 6) is 0. The maximum absolute atomic E-state index is 6.50. The van der Waals surface area contributed by atoms with E-state index in [1.54, 1.807) is 0 Å². The van der Waals surface area contributed by atoms with Gasteiger partial charge in [0.25, 0.3) is 0 Å². The van der Waals surface area contributed by atoms with Gasteiger partial charge in [-0.25, -0.2) is 10.5 Å². The van der Waals surface area contributed by atoms with Crippen LogP contribution in [-0.2, 0) is 0 Å². The summed E-state index contributed by atoms with van der Waals surface area (Å²) in [5, 5.41) is 13.0. The molecule has 4 N–H and O–H groups in total. The van der Waals surface area contributed by atoms with Crippen molar-refractivity contribution in [2.24, 2.45) is 11.5 Å². The summed E-state index contributed by atoms with van der Waals surface area (Å²) in [5.41, 5.74) is 9.81. The number of hydrogen-bond acceptors (Lipinski definition) is 4. The molecular weight excluding hydrogens is 104 g/mol. The van der Waals surface area contributed by atoms with Gasteiger partial charge in [-0.3, -0.25) is 0 Å². The van der Waals surface area contributed by atoms with Crippen LogP contribution in [-0.4, -0.2) is 13.1 Å². The van der Waals surface area contributed by atoms with Crippen molar-refractivity contribution < 1.29 is 0 Å². The van der Waals surface area contributed by atoms with Gasteiger partial charge in [0, 0.05) is 26.2 Å². The van der Waals surface area contributed by atoms with E-state index >= 15 is 0 Å². The van der Waals surface area contributed by atoms with Gasteiger partial charge in [0.2, 0.25) is 0 Å². The fraction of sp³-hybridized carbons (Fsp3) is 0.500. The highest BCUT2D eigenvalue weighted by molar-refractivity contribution is 4.26. The van der Waals surface area contributed by atoms with Gasteiger partial charge in [0.05, 0.1) is 0 Å². The first kappa shape index (κ1) is 15.8. The molecule has 0 aliphatic carbocycles. The van der Waals surface area contributed by atoms with Gasteiger partial charge in [-0.2, -0.15) is 0 Å². The van der Waals surface area contributed by atoms with Crippen molar-refractivity contribution in [3.05, 3.63) is 0 Å². The molecule has 0 spiro atoms. The molecule has 0 rings (SSSR count). The second-order valence-electron chi connectivity index (χ2n) is 0.577. The van der Waals surface area contributed by atoms with Crippen molar-refractivity contribution in [1.82, 2.24) is 0 Å². The fourth-order valence-corrected chi connectivity index (χ4v) is 0. The lowest BCUT2D eigenvalue weighted by Crippen LogP contribution is -2.11. The molecule has 4 nitrogen and oxygen atoms in total. The van der Waals surface area contributed by atoms with Crippen molar-refractivity contribution >= 4 is 0 Å². The van der Waals surface area contributed by atoms with Gasteiger partial charge in [-0.15, -0.1) is 0 Å². The molecule has 0 saturated carbocycles. The van der Waals surface area contributed by atoms with Crippen LogP contribution in [0.2, 0.25) is 0 Å². The lowest BCUT2D eigenvalue weighted by atomic mass is 10.7. The molecule has 8 heavy (non-hydrogen) atoms. The van der Waals surface area contributed by atoms with E-state index in [2.05, 4.69) is 13.1 Å². The van der Waals surface area contributed by atoms with Crippen LogP contribution in [0.4, 0.5) is 0 Å². The Kier molecular flexibility index (Phi) is 345. The summed E-state index contributed by atoms with van der Waals surface area (Å²) in [7, 11) is 0. The average Bonchev–Trinajstić information content (AvgIpc) is 1.96. The molecule has 0 aliphatic heterocycles. The zero-order valence-electron chi connectivity index (χ0n) is 4.62. The van der Waals surface area contributed by atoms with Crippen LogP contribution in [0.3, 0.4) is 0 Å². The topological polar surface area (TPSA) is 99.6 Å². The lowest BCUT2D eigenvalue weighted by molar-refractivity contribution is 0.976. The largest absolute Gasteiger partial charge is 0.329 e. The summed E-state index contributed by atoms with van der Waals surface area (Å²) < 4.78 is 0. The Labute approximate surface area is 49.3 Å². The van der Waals surface area contributed by atoms with Crippen LogP contribution >= 0.6 is 0 Å². The normalized spacial score (nSPS) is 4.25. The zero-order chi connectivity index (χ0) is 7.41. The summed E-state index contributed by atoms with van der Waals surface area (Å²) in [6.07, 6.45) is 0. The van der Waals surface area contributed by atoms with E-state index in [0.717, 1.165) is 0 Å². The summed E-state index contributed by atoms with van der Waals surface area (Å²) >= 11 is 0. The van der Waals surface area contributed by atoms with E-state index in [9.17, 15) is 0 Å². The first-order valence-corrected chi connectivity index (χ1v) is 1.83. The van der Waals surface area contributed by atoms with Crippen LogP contribution in [0.5, 0.6) is 0 Å². The van der Waals surface area contributed by atoms with Gasteiger partial charge in [0.15, 0.2) is 0 Å². The van der Waals surface area contributed by atoms with Crippen LogP contribution in [0.15, 0.2) is 0 Å². The van der Waals surface area contributed by atoms with Gasteiger partial charge < -0.3 is 11.5 Å². The molecular formula is C4H10N4. The third-order valence-electron chi connectivity index (χ3n) is 0.167. The molecule has 0 atom stereocenters. The highest BCUT2D eigenvalue weighted by Gasteiger charge is 1.54. The van der Waals surface area contributed by atoms with E-state index in [1.165, 1.54) is 0 Å². The smallest absolute Gasteiger partial charge is 0.0462 e. The average molecular weight is 114 g/mol. The van der Waals surface area contributed by atoms with E-state index in [4.69, 9.17) is 22.0 Å². The minimum atomic E-state index is 0.597. The van der Waals surface area contributed by atoms with Crippen molar-refractivity contribution in [2.75, 3.05) is 13.1 Å². The molecule has 0 aromatic rings. The molecule has 0 aliphatic rings. The van der Waals surface area contributed by atoms with Gasteiger partial charge >= 0.3 is 0 Å². The Balaban J connectivity index is -0.0000000542. The third kappa shape index (κ3) is 7450. The van der Waals surface area contributed by atoms with E-state index < -0.39 is 0 Å². The molecule has 0 fully saturated rings. The number of nitrogens with two attached hydrogens (primary N) is 2. The standard InChI is InChI=1S/C2H8N2.2CHN/c3-1-2-4;2*1-2/h1-4H2;2*1H. The molecule has 0 heterocycles. The zero-order valence-corrected chi connectivity index (χ0v) is 4.62. The monoisotopic (exact) mass is 114 g/mol. The molecule has 4 heteroatoms. The first-order chi connectivity index (χ1) is 3.91. The van der Waals surface area contributed by atoms with Crippen molar-refractivity contribution in [1.29, 1.82) is 10.5 Å². The van der Waals surface area contributed by atoms with Gasteiger partial charge in [-0.05, 0) is 0 Å². The van der Waals surface area contributed by atoms with Crippen LogP contribution < -0.4 is 11.5 Å². The molecule has 0 saturated heterocycles. The predicted molar refractivity (Wildman–Crippen MR) is 31.4 cm³/mol. The number of nitrogens with zero attached hydrogens (tertiary/aromatic N) is 2. The van der Waals surface area contributed by atoms with Crippen LogP contribution in [0.25, 0.3) is 0 Å². The Morgan fingerprint density at radius 1 is 0.875 bits per heavy atom. The molecule has 0 bridgehead atoms.